The summed E-state index contributed by atoms with van der Waals surface area (Å²) in [4.78, 5) is 23.5. The van der Waals surface area contributed by atoms with Crippen LogP contribution in [0, 0.1) is 23.0 Å². The number of ketones is 1. The molecule has 0 N–H and O–H groups in total. The number of esters is 1. The van der Waals surface area contributed by atoms with Gasteiger partial charge in [-0.15, -0.1) is 0 Å². The van der Waals surface area contributed by atoms with Crippen LogP contribution in [0.1, 0.15) is 23.7 Å². The number of rotatable bonds is 3. The first-order valence-electron chi connectivity index (χ1n) is 5.48. The van der Waals surface area contributed by atoms with E-state index in [1.54, 1.807) is 6.92 Å². The Balaban J connectivity index is 2.19. The third kappa shape index (κ3) is 1.89. The van der Waals surface area contributed by atoms with Crippen LogP contribution in [0.2, 0.25) is 0 Å². The van der Waals surface area contributed by atoms with Crippen molar-refractivity contribution >= 4 is 11.8 Å². The van der Waals surface area contributed by atoms with Gasteiger partial charge in [0.1, 0.15) is 0 Å². The summed E-state index contributed by atoms with van der Waals surface area (Å²) in [7, 11) is 1.25. The molecular formula is C13H12F2O3. The van der Waals surface area contributed by atoms with E-state index in [0.717, 1.165) is 12.1 Å². The van der Waals surface area contributed by atoms with Gasteiger partial charge in [0.05, 0.1) is 12.5 Å². The summed E-state index contributed by atoms with van der Waals surface area (Å²) < 4.78 is 30.4. The maximum Gasteiger partial charge on any atom is 0.312 e. The fraction of sp³-hybridized carbons (Fsp3) is 0.385. The van der Waals surface area contributed by atoms with E-state index in [4.69, 9.17) is 0 Å². The molecule has 0 aromatic heterocycles. The molecule has 1 fully saturated rings. The van der Waals surface area contributed by atoms with Crippen LogP contribution < -0.4 is 0 Å². The highest BCUT2D eigenvalue weighted by Crippen LogP contribution is 2.54. The number of hydrogen-bond donors (Lipinski definition) is 0. The lowest BCUT2D eigenvalue weighted by atomic mass is 10.00. The van der Waals surface area contributed by atoms with Crippen LogP contribution in [0.3, 0.4) is 0 Å². The van der Waals surface area contributed by atoms with Crippen LogP contribution in [0.4, 0.5) is 8.78 Å². The maximum absolute atomic E-state index is 13.0. The minimum absolute atomic E-state index is 0.0755. The third-order valence-corrected chi connectivity index (χ3v) is 3.41. The van der Waals surface area contributed by atoms with Gasteiger partial charge >= 0.3 is 5.97 Å². The van der Waals surface area contributed by atoms with Gasteiger partial charge in [-0.3, -0.25) is 9.59 Å². The molecule has 2 unspecified atom stereocenters. The number of carbonyl (C=O) groups is 2. The van der Waals surface area contributed by atoms with Crippen LogP contribution >= 0.6 is 0 Å². The van der Waals surface area contributed by atoms with E-state index in [0.29, 0.717) is 6.42 Å². The van der Waals surface area contributed by atoms with Gasteiger partial charge in [0.15, 0.2) is 17.4 Å². The summed E-state index contributed by atoms with van der Waals surface area (Å²) in [6.45, 7) is 1.63. The van der Waals surface area contributed by atoms with Crippen molar-refractivity contribution in [1.82, 2.24) is 0 Å². The first kappa shape index (κ1) is 12.7. The first-order chi connectivity index (χ1) is 8.40. The number of benzene rings is 1. The molecule has 1 saturated carbocycles. The number of carbonyl (C=O) groups excluding carboxylic acids is 2. The number of hydrogen-bond acceptors (Lipinski definition) is 3. The van der Waals surface area contributed by atoms with Crippen LogP contribution in [-0.4, -0.2) is 18.9 Å². The van der Waals surface area contributed by atoms with E-state index < -0.39 is 28.9 Å². The van der Waals surface area contributed by atoms with Crippen molar-refractivity contribution in [3.8, 4) is 0 Å². The van der Waals surface area contributed by atoms with Crippen LogP contribution in [0.15, 0.2) is 18.2 Å². The molecular weight excluding hydrogens is 242 g/mol. The monoisotopic (exact) mass is 254 g/mol. The largest absolute Gasteiger partial charge is 0.469 e. The van der Waals surface area contributed by atoms with Gasteiger partial charge in [-0.1, -0.05) is 0 Å². The van der Waals surface area contributed by atoms with Gasteiger partial charge in [0.2, 0.25) is 0 Å². The van der Waals surface area contributed by atoms with E-state index in [9.17, 15) is 18.4 Å². The summed E-state index contributed by atoms with van der Waals surface area (Å²) in [5.41, 5.74) is -0.761. The van der Waals surface area contributed by atoms with Crippen molar-refractivity contribution in [2.75, 3.05) is 7.11 Å². The minimum Gasteiger partial charge on any atom is -0.469 e. The highest BCUT2D eigenvalue weighted by molar-refractivity contribution is 6.04. The minimum atomic E-state index is -1.07. The molecule has 1 aromatic rings. The Morgan fingerprint density at radius 1 is 1.33 bits per heavy atom. The zero-order valence-corrected chi connectivity index (χ0v) is 10.00. The Kier molecular flexibility index (Phi) is 2.92. The van der Waals surface area contributed by atoms with Gasteiger partial charge < -0.3 is 4.74 Å². The fourth-order valence-corrected chi connectivity index (χ4v) is 2.06. The Morgan fingerprint density at radius 2 is 2.00 bits per heavy atom. The molecule has 18 heavy (non-hydrogen) atoms. The molecule has 2 rings (SSSR count). The van der Waals surface area contributed by atoms with Crippen molar-refractivity contribution < 1.29 is 23.1 Å². The highest BCUT2D eigenvalue weighted by Gasteiger charge is 2.60. The fourth-order valence-electron chi connectivity index (χ4n) is 2.06. The quantitative estimate of drug-likeness (QED) is 0.614. The Labute approximate surface area is 103 Å². The third-order valence-electron chi connectivity index (χ3n) is 3.41. The van der Waals surface area contributed by atoms with Crippen molar-refractivity contribution in [2.24, 2.45) is 11.3 Å². The van der Waals surface area contributed by atoms with E-state index in [2.05, 4.69) is 4.74 Å². The lowest BCUT2D eigenvalue weighted by Gasteiger charge is -2.07. The van der Waals surface area contributed by atoms with Crippen LogP contribution in [-0.2, 0) is 9.53 Å². The van der Waals surface area contributed by atoms with Gasteiger partial charge in [0.25, 0.3) is 0 Å². The van der Waals surface area contributed by atoms with Crippen molar-refractivity contribution in [3.05, 3.63) is 35.4 Å². The van der Waals surface area contributed by atoms with Crippen molar-refractivity contribution in [2.45, 2.75) is 13.3 Å². The predicted molar refractivity (Wildman–Crippen MR) is 58.9 cm³/mol. The first-order valence-corrected chi connectivity index (χ1v) is 5.48. The molecule has 2 atom stereocenters. The molecule has 1 aliphatic carbocycles. The summed E-state index contributed by atoms with van der Waals surface area (Å²) in [6.07, 6.45) is 0.373. The molecule has 5 heteroatoms. The second-order valence-electron chi connectivity index (χ2n) is 4.66. The summed E-state index contributed by atoms with van der Waals surface area (Å²) in [6, 6.07) is 2.98. The van der Waals surface area contributed by atoms with Gasteiger partial charge in [-0.25, -0.2) is 8.78 Å². The molecule has 0 radical (unpaired) electrons. The van der Waals surface area contributed by atoms with Gasteiger partial charge in [0, 0.05) is 11.5 Å². The van der Waals surface area contributed by atoms with E-state index >= 15 is 0 Å². The zero-order valence-electron chi connectivity index (χ0n) is 10.00. The molecule has 0 spiro atoms. The normalized spacial score (nSPS) is 25.7. The summed E-state index contributed by atoms with van der Waals surface area (Å²) in [5.74, 6) is -3.40. The summed E-state index contributed by atoms with van der Waals surface area (Å²) in [5, 5.41) is 0. The molecule has 1 aromatic carbocycles. The van der Waals surface area contributed by atoms with Gasteiger partial charge in [-0.2, -0.15) is 0 Å². The van der Waals surface area contributed by atoms with Crippen molar-refractivity contribution in [3.63, 3.8) is 0 Å². The molecule has 0 aliphatic heterocycles. The number of halogens is 2. The Morgan fingerprint density at radius 3 is 2.56 bits per heavy atom. The maximum atomic E-state index is 13.0. The number of methoxy groups -OCH3 is 1. The van der Waals surface area contributed by atoms with E-state index in [1.807, 2.05) is 0 Å². The topological polar surface area (TPSA) is 43.4 Å². The average Bonchev–Trinajstić information content (AvgIpc) is 3.04. The second kappa shape index (κ2) is 4.15. The lowest BCUT2D eigenvalue weighted by molar-refractivity contribution is -0.146. The predicted octanol–water partition coefficient (Wildman–Crippen LogP) is 2.35. The molecule has 1 aliphatic rings. The Hall–Kier alpha value is -1.78. The van der Waals surface area contributed by atoms with Crippen LogP contribution in [0.5, 0.6) is 0 Å². The van der Waals surface area contributed by atoms with Crippen LogP contribution in [0.25, 0.3) is 0 Å². The van der Waals surface area contributed by atoms with Gasteiger partial charge in [-0.05, 0) is 31.5 Å². The molecule has 0 bridgehead atoms. The molecule has 96 valence electrons. The lowest BCUT2D eigenvalue weighted by Crippen LogP contribution is -2.19. The SMILES string of the molecule is COC(=O)C1(C)CC1C(=O)c1ccc(F)c(F)c1. The molecule has 0 saturated heterocycles. The highest BCUT2D eigenvalue weighted by atomic mass is 19.2. The van der Waals surface area contributed by atoms with Crippen molar-refractivity contribution in [1.29, 1.82) is 0 Å². The Bertz CT molecular complexity index is 527. The standard InChI is InChI=1S/C13H12F2O3/c1-13(12(17)18-2)6-8(13)11(16)7-3-4-9(14)10(15)5-7/h3-5,8H,6H2,1-2H3. The molecule has 3 nitrogen and oxygen atoms in total. The molecule has 0 heterocycles. The average molecular weight is 254 g/mol. The zero-order chi connectivity index (χ0) is 13.5. The number of ether oxygens (including phenoxy) is 1. The summed E-state index contributed by atoms with van der Waals surface area (Å²) >= 11 is 0. The van der Waals surface area contributed by atoms with E-state index in [1.165, 1.54) is 13.2 Å². The smallest absolute Gasteiger partial charge is 0.312 e. The van der Waals surface area contributed by atoms with E-state index in [-0.39, 0.29) is 11.3 Å². The second-order valence-corrected chi connectivity index (χ2v) is 4.66. The number of Topliss-reactive ketones (excluding diaryl/α,β-unsaturated/α-hetero) is 1. The molecule has 0 amide bonds.